The van der Waals surface area contributed by atoms with Gasteiger partial charge in [-0.05, 0) is 33.1 Å². The zero-order valence-electron chi connectivity index (χ0n) is 12.8. The van der Waals surface area contributed by atoms with Crippen LogP contribution in [0.15, 0.2) is 0 Å². The van der Waals surface area contributed by atoms with Crippen LogP contribution in [0.2, 0.25) is 0 Å². The summed E-state index contributed by atoms with van der Waals surface area (Å²) in [6, 6.07) is 0.415. The lowest BCUT2D eigenvalue weighted by atomic mass is 9.97. The number of unbranched alkanes of at least 4 members (excludes halogenated alkanes) is 1. The molecule has 1 saturated heterocycles. The van der Waals surface area contributed by atoms with E-state index in [0.29, 0.717) is 11.9 Å². The molecule has 106 valence electrons. The van der Waals surface area contributed by atoms with E-state index in [4.69, 9.17) is 0 Å². The van der Waals surface area contributed by atoms with Gasteiger partial charge in [-0.25, -0.2) is 0 Å². The van der Waals surface area contributed by atoms with Crippen molar-refractivity contribution >= 4 is 5.91 Å². The largest absolute Gasteiger partial charge is 0.323 e. The fourth-order valence-corrected chi connectivity index (χ4v) is 2.98. The molecule has 1 aliphatic rings. The van der Waals surface area contributed by atoms with Crippen LogP contribution in [-0.4, -0.2) is 28.6 Å². The topological polar surface area (TPSA) is 32.3 Å². The second-order valence-corrected chi connectivity index (χ2v) is 5.80. The standard InChI is InChI=1S/C15H30N2O/c1-6-9-11-13(10-7-2)17-12(4)16-15(5,8-3)14(17)18/h12-13,16H,6-11H2,1-5H3. The highest BCUT2D eigenvalue weighted by atomic mass is 16.2. The molecule has 3 atom stereocenters. The van der Waals surface area contributed by atoms with Crippen molar-refractivity contribution in [3.8, 4) is 0 Å². The average molecular weight is 254 g/mol. The summed E-state index contributed by atoms with van der Waals surface area (Å²) in [7, 11) is 0. The molecule has 1 rings (SSSR count). The summed E-state index contributed by atoms with van der Waals surface area (Å²) in [5, 5.41) is 3.47. The number of carbonyl (C=O) groups is 1. The summed E-state index contributed by atoms with van der Waals surface area (Å²) in [5.41, 5.74) is -0.350. The van der Waals surface area contributed by atoms with Gasteiger partial charge >= 0.3 is 0 Å². The first kappa shape index (κ1) is 15.5. The Labute approximate surface area is 112 Å². The first-order valence-corrected chi connectivity index (χ1v) is 7.60. The molecule has 0 saturated carbocycles. The zero-order valence-corrected chi connectivity index (χ0v) is 12.8. The Morgan fingerprint density at radius 1 is 1.28 bits per heavy atom. The predicted molar refractivity (Wildman–Crippen MR) is 76.4 cm³/mol. The maximum absolute atomic E-state index is 12.6. The van der Waals surface area contributed by atoms with E-state index in [9.17, 15) is 4.79 Å². The molecule has 18 heavy (non-hydrogen) atoms. The molecule has 1 heterocycles. The first-order chi connectivity index (χ1) is 8.50. The van der Waals surface area contributed by atoms with Crippen molar-refractivity contribution in [2.24, 2.45) is 0 Å². The van der Waals surface area contributed by atoms with Crippen LogP contribution in [0.1, 0.15) is 73.1 Å². The molecule has 0 aromatic rings. The molecule has 0 aromatic carbocycles. The molecule has 0 radical (unpaired) electrons. The maximum atomic E-state index is 12.6. The van der Waals surface area contributed by atoms with Crippen molar-refractivity contribution in [2.75, 3.05) is 0 Å². The van der Waals surface area contributed by atoms with E-state index in [0.717, 1.165) is 25.7 Å². The summed E-state index contributed by atoms with van der Waals surface area (Å²) >= 11 is 0. The van der Waals surface area contributed by atoms with E-state index in [1.165, 1.54) is 12.8 Å². The number of nitrogens with zero attached hydrogens (tertiary/aromatic N) is 1. The van der Waals surface area contributed by atoms with Gasteiger partial charge in [0, 0.05) is 6.04 Å². The van der Waals surface area contributed by atoms with Gasteiger partial charge < -0.3 is 4.90 Å². The third kappa shape index (κ3) is 3.05. The molecule has 1 amide bonds. The van der Waals surface area contributed by atoms with E-state index >= 15 is 0 Å². The van der Waals surface area contributed by atoms with Crippen LogP contribution < -0.4 is 5.32 Å². The zero-order chi connectivity index (χ0) is 13.8. The molecular formula is C15H30N2O. The van der Waals surface area contributed by atoms with Crippen molar-refractivity contribution in [1.82, 2.24) is 10.2 Å². The normalized spacial score (nSPS) is 29.9. The second kappa shape index (κ2) is 6.55. The minimum Gasteiger partial charge on any atom is -0.323 e. The SMILES string of the molecule is CCCCC(CCC)N1C(=O)C(C)(CC)NC1C. The number of hydrogen-bond donors (Lipinski definition) is 1. The van der Waals surface area contributed by atoms with E-state index in [1.807, 2.05) is 6.92 Å². The Morgan fingerprint density at radius 3 is 2.39 bits per heavy atom. The van der Waals surface area contributed by atoms with E-state index in [1.54, 1.807) is 0 Å². The summed E-state index contributed by atoms with van der Waals surface area (Å²) in [5.74, 6) is 0.298. The smallest absolute Gasteiger partial charge is 0.244 e. The van der Waals surface area contributed by atoms with Gasteiger partial charge in [-0.1, -0.05) is 40.0 Å². The lowest BCUT2D eigenvalue weighted by Gasteiger charge is -2.31. The number of rotatable bonds is 7. The van der Waals surface area contributed by atoms with Crippen LogP contribution >= 0.6 is 0 Å². The maximum Gasteiger partial charge on any atom is 0.244 e. The highest BCUT2D eigenvalue weighted by molar-refractivity contribution is 5.88. The number of hydrogen-bond acceptors (Lipinski definition) is 2. The summed E-state index contributed by atoms with van der Waals surface area (Å²) in [6.07, 6.45) is 6.86. The number of amides is 1. The Bertz CT molecular complexity index is 280. The van der Waals surface area contributed by atoms with Crippen molar-refractivity contribution in [3.63, 3.8) is 0 Å². The Hall–Kier alpha value is -0.570. The van der Waals surface area contributed by atoms with Gasteiger partial charge in [0.25, 0.3) is 0 Å². The van der Waals surface area contributed by atoms with Gasteiger partial charge in [0.1, 0.15) is 0 Å². The summed E-state index contributed by atoms with van der Waals surface area (Å²) < 4.78 is 0. The van der Waals surface area contributed by atoms with Crippen molar-refractivity contribution in [2.45, 2.75) is 90.9 Å². The molecule has 0 aromatic heterocycles. The average Bonchev–Trinajstić information content (AvgIpc) is 2.57. The monoisotopic (exact) mass is 254 g/mol. The minimum atomic E-state index is -0.350. The minimum absolute atomic E-state index is 0.177. The first-order valence-electron chi connectivity index (χ1n) is 7.60. The van der Waals surface area contributed by atoms with Crippen molar-refractivity contribution < 1.29 is 4.79 Å². The highest BCUT2D eigenvalue weighted by Crippen LogP contribution is 2.28. The Morgan fingerprint density at radius 2 is 1.94 bits per heavy atom. The Balaban J connectivity index is 2.80. The van der Waals surface area contributed by atoms with Gasteiger partial charge in [-0.2, -0.15) is 0 Å². The summed E-state index contributed by atoms with van der Waals surface area (Å²) in [6.45, 7) is 10.7. The molecule has 3 heteroatoms. The predicted octanol–water partition coefficient (Wildman–Crippen LogP) is 3.29. The van der Waals surface area contributed by atoms with E-state index in [2.05, 4.69) is 37.9 Å². The molecule has 3 unspecified atom stereocenters. The van der Waals surface area contributed by atoms with E-state index in [-0.39, 0.29) is 11.7 Å². The van der Waals surface area contributed by atoms with Crippen molar-refractivity contribution in [1.29, 1.82) is 0 Å². The van der Waals surface area contributed by atoms with Crippen molar-refractivity contribution in [3.05, 3.63) is 0 Å². The molecule has 0 aliphatic carbocycles. The van der Waals surface area contributed by atoms with Gasteiger partial charge in [0.2, 0.25) is 5.91 Å². The van der Waals surface area contributed by atoms with Crippen LogP contribution in [0.4, 0.5) is 0 Å². The molecule has 1 aliphatic heterocycles. The van der Waals surface area contributed by atoms with Crippen LogP contribution in [-0.2, 0) is 4.79 Å². The number of nitrogens with one attached hydrogen (secondary N) is 1. The molecule has 0 bridgehead atoms. The van der Waals surface area contributed by atoms with Crippen LogP contribution in [0, 0.1) is 0 Å². The lowest BCUT2D eigenvalue weighted by molar-refractivity contribution is -0.135. The number of carbonyl (C=O) groups excluding carboxylic acids is 1. The van der Waals surface area contributed by atoms with E-state index < -0.39 is 0 Å². The second-order valence-electron chi connectivity index (χ2n) is 5.80. The molecular weight excluding hydrogens is 224 g/mol. The highest BCUT2D eigenvalue weighted by Gasteiger charge is 2.46. The van der Waals surface area contributed by atoms with Gasteiger partial charge in [0.15, 0.2) is 0 Å². The van der Waals surface area contributed by atoms with Gasteiger partial charge in [-0.15, -0.1) is 0 Å². The fraction of sp³-hybridized carbons (Fsp3) is 0.933. The van der Waals surface area contributed by atoms with Gasteiger partial charge in [-0.3, -0.25) is 10.1 Å². The lowest BCUT2D eigenvalue weighted by Crippen LogP contribution is -2.45. The van der Waals surface area contributed by atoms with Crippen LogP contribution in [0.3, 0.4) is 0 Å². The third-order valence-corrected chi connectivity index (χ3v) is 4.26. The quantitative estimate of drug-likeness (QED) is 0.756. The third-order valence-electron chi connectivity index (χ3n) is 4.26. The molecule has 3 nitrogen and oxygen atoms in total. The van der Waals surface area contributed by atoms with Gasteiger partial charge in [0.05, 0.1) is 11.7 Å². The fourth-order valence-electron chi connectivity index (χ4n) is 2.98. The van der Waals surface area contributed by atoms with Crippen LogP contribution in [0.5, 0.6) is 0 Å². The molecule has 0 spiro atoms. The molecule has 1 N–H and O–H groups in total. The molecule has 1 fully saturated rings. The Kier molecular flexibility index (Phi) is 5.64. The summed E-state index contributed by atoms with van der Waals surface area (Å²) in [4.78, 5) is 14.7. The van der Waals surface area contributed by atoms with Crippen LogP contribution in [0.25, 0.3) is 0 Å².